The number of nitrogens with zero attached hydrogens (tertiary/aromatic N) is 2. The molecule has 0 atom stereocenters. The molecule has 5 heteroatoms. The second-order valence-corrected chi connectivity index (χ2v) is 3.65. The summed E-state index contributed by atoms with van der Waals surface area (Å²) in [6.07, 6.45) is 4.84. The third-order valence-corrected chi connectivity index (χ3v) is 2.18. The van der Waals surface area contributed by atoms with Gasteiger partial charge in [-0.1, -0.05) is 6.92 Å². The van der Waals surface area contributed by atoms with Crippen molar-refractivity contribution < 1.29 is 9.53 Å². The van der Waals surface area contributed by atoms with E-state index in [0.29, 0.717) is 19.6 Å². The molecule has 0 saturated carbocycles. The lowest BCUT2D eigenvalue weighted by molar-refractivity contribution is -0.131. The first-order valence-corrected chi connectivity index (χ1v) is 5.54. The Bertz CT molecular complexity index is 298. The minimum atomic E-state index is 0.0764. The molecule has 0 aliphatic heterocycles. The highest BCUT2D eigenvalue weighted by atomic mass is 16.5. The van der Waals surface area contributed by atoms with Crippen molar-refractivity contribution in [3.05, 3.63) is 18.2 Å². The smallest absolute Gasteiger partial charge is 0.225 e. The standard InChI is InChI=1S/C11H19N3O2/c1-3-7-16-8-4-11(15)14(2)9-10-12-5-6-13-10/h5-6H,3-4,7-9H2,1-2H3,(H,12,13). The molecule has 0 aliphatic carbocycles. The second-order valence-electron chi connectivity index (χ2n) is 3.65. The number of ether oxygens (including phenoxy) is 1. The number of imidazole rings is 1. The van der Waals surface area contributed by atoms with Crippen molar-refractivity contribution in [1.29, 1.82) is 0 Å². The fraction of sp³-hybridized carbons (Fsp3) is 0.636. The Kier molecular flexibility index (Phi) is 5.56. The second kappa shape index (κ2) is 7.00. The maximum atomic E-state index is 11.6. The highest BCUT2D eigenvalue weighted by Gasteiger charge is 2.09. The SMILES string of the molecule is CCCOCCC(=O)N(C)Cc1ncc[nH]1. The van der Waals surface area contributed by atoms with Crippen LogP contribution in [0.1, 0.15) is 25.6 Å². The number of carbonyl (C=O) groups excluding carboxylic acids is 1. The van der Waals surface area contributed by atoms with Gasteiger partial charge in [-0.25, -0.2) is 4.98 Å². The summed E-state index contributed by atoms with van der Waals surface area (Å²) in [5, 5.41) is 0. The summed E-state index contributed by atoms with van der Waals surface area (Å²) < 4.78 is 5.27. The Morgan fingerprint density at radius 2 is 2.38 bits per heavy atom. The number of carbonyl (C=O) groups is 1. The van der Waals surface area contributed by atoms with Gasteiger partial charge in [0.15, 0.2) is 0 Å². The number of rotatable bonds is 7. The average molecular weight is 225 g/mol. The molecule has 0 radical (unpaired) electrons. The van der Waals surface area contributed by atoms with E-state index in [-0.39, 0.29) is 5.91 Å². The van der Waals surface area contributed by atoms with Crippen LogP contribution in [0.25, 0.3) is 0 Å². The summed E-state index contributed by atoms with van der Waals surface area (Å²) in [6, 6.07) is 0. The van der Waals surface area contributed by atoms with Crippen molar-refractivity contribution >= 4 is 5.91 Å². The van der Waals surface area contributed by atoms with Crippen LogP contribution in [0, 0.1) is 0 Å². The minimum Gasteiger partial charge on any atom is -0.381 e. The minimum absolute atomic E-state index is 0.0764. The average Bonchev–Trinajstić information content (AvgIpc) is 2.76. The van der Waals surface area contributed by atoms with Gasteiger partial charge in [0.25, 0.3) is 0 Å². The van der Waals surface area contributed by atoms with Gasteiger partial charge in [-0.3, -0.25) is 4.79 Å². The molecule has 90 valence electrons. The van der Waals surface area contributed by atoms with E-state index in [1.54, 1.807) is 24.3 Å². The molecule has 1 rings (SSSR count). The molecule has 1 aromatic heterocycles. The van der Waals surface area contributed by atoms with E-state index in [1.807, 2.05) is 6.92 Å². The Hall–Kier alpha value is -1.36. The monoisotopic (exact) mass is 225 g/mol. The quantitative estimate of drug-likeness (QED) is 0.709. The van der Waals surface area contributed by atoms with Gasteiger partial charge in [-0.15, -0.1) is 0 Å². The predicted octanol–water partition coefficient (Wildman–Crippen LogP) is 1.18. The van der Waals surface area contributed by atoms with Gasteiger partial charge in [0.1, 0.15) is 5.82 Å². The van der Waals surface area contributed by atoms with Crippen molar-refractivity contribution in [2.75, 3.05) is 20.3 Å². The number of nitrogens with one attached hydrogen (secondary N) is 1. The normalized spacial score (nSPS) is 10.4. The van der Waals surface area contributed by atoms with Gasteiger partial charge >= 0.3 is 0 Å². The van der Waals surface area contributed by atoms with E-state index in [9.17, 15) is 4.79 Å². The Morgan fingerprint density at radius 3 is 3.00 bits per heavy atom. The lowest BCUT2D eigenvalue weighted by Crippen LogP contribution is -2.27. The lowest BCUT2D eigenvalue weighted by atomic mass is 10.4. The van der Waals surface area contributed by atoms with Crippen LogP contribution in [0.5, 0.6) is 0 Å². The van der Waals surface area contributed by atoms with Gasteiger partial charge < -0.3 is 14.6 Å². The van der Waals surface area contributed by atoms with E-state index in [2.05, 4.69) is 9.97 Å². The fourth-order valence-corrected chi connectivity index (χ4v) is 1.29. The zero-order chi connectivity index (χ0) is 11.8. The van der Waals surface area contributed by atoms with E-state index >= 15 is 0 Å². The van der Waals surface area contributed by atoms with Crippen molar-refractivity contribution in [2.45, 2.75) is 26.3 Å². The molecule has 0 unspecified atom stereocenters. The summed E-state index contributed by atoms with van der Waals surface area (Å²) in [6.45, 7) is 3.77. The van der Waals surface area contributed by atoms with Gasteiger partial charge in [0.2, 0.25) is 5.91 Å². The maximum Gasteiger partial charge on any atom is 0.225 e. The molecule has 0 fully saturated rings. The molecular weight excluding hydrogens is 206 g/mol. The molecule has 16 heavy (non-hydrogen) atoms. The number of hydrogen-bond donors (Lipinski definition) is 1. The fourth-order valence-electron chi connectivity index (χ4n) is 1.29. The number of H-pyrrole nitrogens is 1. The summed E-state index contributed by atoms with van der Waals surface area (Å²) in [5.74, 6) is 0.873. The number of aromatic amines is 1. The summed E-state index contributed by atoms with van der Waals surface area (Å²) >= 11 is 0. The Balaban J connectivity index is 2.20. The van der Waals surface area contributed by atoms with Gasteiger partial charge in [-0.05, 0) is 6.42 Å². The zero-order valence-electron chi connectivity index (χ0n) is 9.90. The van der Waals surface area contributed by atoms with Crippen LogP contribution >= 0.6 is 0 Å². The van der Waals surface area contributed by atoms with Crippen LogP contribution in [-0.2, 0) is 16.1 Å². The first-order chi connectivity index (χ1) is 7.74. The van der Waals surface area contributed by atoms with E-state index in [1.165, 1.54) is 0 Å². The third-order valence-electron chi connectivity index (χ3n) is 2.18. The first kappa shape index (κ1) is 12.7. The van der Waals surface area contributed by atoms with Crippen LogP contribution in [0.2, 0.25) is 0 Å². The van der Waals surface area contributed by atoms with Crippen molar-refractivity contribution in [1.82, 2.24) is 14.9 Å². The predicted molar refractivity (Wildman–Crippen MR) is 60.8 cm³/mol. The van der Waals surface area contributed by atoms with Crippen LogP contribution in [-0.4, -0.2) is 41.0 Å². The van der Waals surface area contributed by atoms with Crippen LogP contribution < -0.4 is 0 Å². The zero-order valence-corrected chi connectivity index (χ0v) is 9.90. The van der Waals surface area contributed by atoms with Gasteiger partial charge in [0, 0.05) is 26.0 Å². The number of amides is 1. The molecule has 5 nitrogen and oxygen atoms in total. The van der Waals surface area contributed by atoms with Crippen molar-refractivity contribution in [3.63, 3.8) is 0 Å². The maximum absolute atomic E-state index is 11.6. The van der Waals surface area contributed by atoms with E-state index < -0.39 is 0 Å². The van der Waals surface area contributed by atoms with E-state index in [0.717, 1.165) is 18.9 Å². The first-order valence-electron chi connectivity index (χ1n) is 5.54. The number of hydrogen-bond acceptors (Lipinski definition) is 3. The van der Waals surface area contributed by atoms with Crippen molar-refractivity contribution in [3.8, 4) is 0 Å². The molecule has 0 saturated heterocycles. The van der Waals surface area contributed by atoms with Gasteiger partial charge in [-0.2, -0.15) is 0 Å². The Morgan fingerprint density at radius 1 is 1.56 bits per heavy atom. The van der Waals surface area contributed by atoms with E-state index in [4.69, 9.17) is 4.74 Å². The van der Waals surface area contributed by atoms with Crippen LogP contribution in [0.3, 0.4) is 0 Å². The molecule has 0 spiro atoms. The molecule has 0 bridgehead atoms. The number of aromatic nitrogens is 2. The lowest BCUT2D eigenvalue weighted by Gasteiger charge is -2.15. The summed E-state index contributed by atoms with van der Waals surface area (Å²) in [4.78, 5) is 20.3. The molecule has 0 aromatic carbocycles. The molecular formula is C11H19N3O2. The molecule has 1 amide bonds. The molecule has 0 aliphatic rings. The molecule has 1 heterocycles. The summed E-state index contributed by atoms with van der Waals surface area (Å²) in [5.41, 5.74) is 0. The third kappa shape index (κ3) is 4.44. The van der Waals surface area contributed by atoms with Crippen molar-refractivity contribution in [2.24, 2.45) is 0 Å². The summed E-state index contributed by atoms with van der Waals surface area (Å²) in [7, 11) is 1.77. The van der Waals surface area contributed by atoms with Crippen LogP contribution in [0.15, 0.2) is 12.4 Å². The largest absolute Gasteiger partial charge is 0.381 e. The molecule has 1 aromatic rings. The van der Waals surface area contributed by atoms with Gasteiger partial charge in [0.05, 0.1) is 19.6 Å². The van der Waals surface area contributed by atoms with Crippen LogP contribution in [0.4, 0.5) is 0 Å². The highest BCUT2D eigenvalue weighted by molar-refractivity contribution is 5.75. The molecule has 1 N–H and O–H groups in total. The topological polar surface area (TPSA) is 58.2 Å². The Labute approximate surface area is 95.8 Å². The highest BCUT2D eigenvalue weighted by Crippen LogP contribution is 1.98.